The number of nitrogens with two attached hydrogens (primary N) is 1. The molecule has 6 heteroatoms. The number of hydrogen-bond acceptors (Lipinski definition) is 4. The fourth-order valence-electron chi connectivity index (χ4n) is 2.01. The monoisotopic (exact) mass is 290 g/mol. The normalized spacial score (nSPS) is 11.9. The van der Waals surface area contributed by atoms with Crippen LogP contribution >= 0.6 is 12.2 Å². The van der Waals surface area contributed by atoms with Crippen molar-refractivity contribution in [3.8, 4) is 5.75 Å². The molecule has 1 heterocycles. The molecular formula is C14H18N4OS. The van der Waals surface area contributed by atoms with Crippen LogP contribution in [-0.4, -0.2) is 27.7 Å². The van der Waals surface area contributed by atoms with Crippen LogP contribution in [0.4, 0.5) is 5.69 Å². The number of hydrogen-bond donors (Lipinski definition) is 2. The molecule has 1 aromatic carbocycles. The Labute approximate surface area is 123 Å². The lowest BCUT2D eigenvalue weighted by Crippen LogP contribution is -2.23. The molecule has 1 atom stereocenters. The Kier molecular flexibility index (Phi) is 4.57. The number of benzene rings is 1. The molecule has 0 aliphatic heterocycles. The molecule has 106 valence electrons. The SMILES string of the molecule is COc1ccc(C(N)=S)c(NC(C)Cn2ccnc2)c1. The minimum atomic E-state index is 0.199. The van der Waals surface area contributed by atoms with Crippen molar-refractivity contribution in [1.29, 1.82) is 0 Å². The zero-order chi connectivity index (χ0) is 14.5. The van der Waals surface area contributed by atoms with E-state index in [9.17, 15) is 0 Å². The van der Waals surface area contributed by atoms with E-state index in [2.05, 4.69) is 17.2 Å². The molecule has 0 fully saturated rings. The number of thiocarbonyl (C=S) groups is 1. The molecule has 0 aliphatic carbocycles. The van der Waals surface area contributed by atoms with Crippen LogP contribution in [0.15, 0.2) is 36.9 Å². The lowest BCUT2D eigenvalue weighted by atomic mass is 10.1. The van der Waals surface area contributed by atoms with Crippen molar-refractivity contribution in [2.75, 3.05) is 12.4 Å². The van der Waals surface area contributed by atoms with Gasteiger partial charge in [-0.25, -0.2) is 4.98 Å². The van der Waals surface area contributed by atoms with Gasteiger partial charge in [0, 0.05) is 42.3 Å². The largest absolute Gasteiger partial charge is 0.497 e. The summed E-state index contributed by atoms with van der Waals surface area (Å²) in [5, 5.41) is 3.41. The minimum absolute atomic E-state index is 0.199. The predicted octanol–water partition coefficient (Wildman–Crippen LogP) is 2.03. The van der Waals surface area contributed by atoms with Gasteiger partial charge in [-0.1, -0.05) is 12.2 Å². The van der Waals surface area contributed by atoms with Gasteiger partial charge in [0.15, 0.2) is 0 Å². The predicted molar refractivity (Wildman–Crippen MR) is 84.2 cm³/mol. The minimum Gasteiger partial charge on any atom is -0.497 e. The van der Waals surface area contributed by atoms with Crippen LogP contribution in [0.3, 0.4) is 0 Å². The third-order valence-corrected chi connectivity index (χ3v) is 3.16. The number of nitrogens with one attached hydrogen (secondary N) is 1. The molecule has 1 aromatic heterocycles. The number of imidazole rings is 1. The van der Waals surface area contributed by atoms with E-state index in [0.29, 0.717) is 4.99 Å². The van der Waals surface area contributed by atoms with Gasteiger partial charge < -0.3 is 20.4 Å². The summed E-state index contributed by atoms with van der Waals surface area (Å²) >= 11 is 5.08. The van der Waals surface area contributed by atoms with E-state index in [4.69, 9.17) is 22.7 Å². The first-order chi connectivity index (χ1) is 9.60. The van der Waals surface area contributed by atoms with E-state index in [-0.39, 0.29) is 6.04 Å². The van der Waals surface area contributed by atoms with Gasteiger partial charge in [0.25, 0.3) is 0 Å². The Morgan fingerprint density at radius 3 is 2.95 bits per heavy atom. The van der Waals surface area contributed by atoms with Gasteiger partial charge in [0.2, 0.25) is 0 Å². The van der Waals surface area contributed by atoms with E-state index in [1.165, 1.54) is 0 Å². The van der Waals surface area contributed by atoms with Gasteiger partial charge in [-0.15, -0.1) is 0 Å². The molecule has 0 saturated carbocycles. The summed E-state index contributed by atoms with van der Waals surface area (Å²) in [4.78, 5) is 4.40. The number of nitrogens with zero attached hydrogens (tertiary/aromatic N) is 2. The smallest absolute Gasteiger partial charge is 0.120 e. The first kappa shape index (κ1) is 14.3. The third kappa shape index (κ3) is 3.48. The van der Waals surface area contributed by atoms with Crippen molar-refractivity contribution >= 4 is 22.9 Å². The molecule has 0 amide bonds. The van der Waals surface area contributed by atoms with Gasteiger partial charge in [-0.2, -0.15) is 0 Å². The second-order valence-corrected chi connectivity index (χ2v) is 5.02. The van der Waals surface area contributed by atoms with Crippen LogP contribution in [0.25, 0.3) is 0 Å². The maximum Gasteiger partial charge on any atom is 0.120 e. The number of rotatable bonds is 6. The Balaban J connectivity index is 2.16. The highest BCUT2D eigenvalue weighted by Crippen LogP contribution is 2.23. The lowest BCUT2D eigenvalue weighted by Gasteiger charge is -2.19. The van der Waals surface area contributed by atoms with E-state index in [1.54, 1.807) is 19.6 Å². The summed E-state index contributed by atoms with van der Waals surface area (Å²) in [6.45, 7) is 2.89. The first-order valence-electron chi connectivity index (χ1n) is 6.30. The second kappa shape index (κ2) is 6.38. The summed E-state index contributed by atoms with van der Waals surface area (Å²) in [6, 6.07) is 5.82. The summed E-state index contributed by atoms with van der Waals surface area (Å²) in [5.41, 5.74) is 7.45. The van der Waals surface area contributed by atoms with Crippen molar-refractivity contribution in [1.82, 2.24) is 9.55 Å². The molecule has 1 unspecified atom stereocenters. The molecule has 0 saturated heterocycles. The highest BCUT2D eigenvalue weighted by molar-refractivity contribution is 7.80. The Morgan fingerprint density at radius 2 is 2.35 bits per heavy atom. The number of aromatic nitrogens is 2. The number of anilines is 1. The van der Waals surface area contributed by atoms with E-state index in [1.807, 2.05) is 29.0 Å². The molecular weight excluding hydrogens is 272 g/mol. The fourth-order valence-corrected chi connectivity index (χ4v) is 2.18. The van der Waals surface area contributed by atoms with Crippen LogP contribution in [-0.2, 0) is 6.54 Å². The first-order valence-corrected chi connectivity index (χ1v) is 6.71. The standard InChI is InChI=1S/C14H18N4OS/c1-10(8-18-6-5-16-9-18)17-13-7-11(19-2)3-4-12(13)14(15)20/h3-7,9-10,17H,8H2,1-2H3,(H2,15,20). The van der Waals surface area contributed by atoms with Gasteiger partial charge in [-0.05, 0) is 19.1 Å². The third-order valence-electron chi connectivity index (χ3n) is 2.94. The average molecular weight is 290 g/mol. The van der Waals surface area contributed by atoms with Crippen molar-refractivity contribution in [3.63, 3.8) is 0 Å². The van der Waals surface area contributed by atoms with Crippen LogP contribution in [0.5, 0.6) is 5.75 Å². The number of methoxy groups -OCH3 is 1. The topological polar surface area (TPSA) is 65.1 Å². The van der Waals surface area contributed by atoms with E-state index in [0.717, 1.165) is 23.5 Å². The van der Waals surface area contributed by atoms with Gasteiger partial charge in [0.05, 0.1) is 13.4 Å². The van der Waals surface area contributed by atoms with Crippen molar-refractivity contribution in [3.05, 3.63) is 42.5 Å². The quantitative estimate of drug-likeness (QED) is 0.797. The molecule has 5 nitrogen and oxygen atoms in total. The van der Waals surface area contributed by atoms with Crippen LogP contribution in [0, 0.1) is 0 Å². The average Bonchev–Trinajstić information content (AvgIpc) is 2.90. The molecule has 2 aromatic rings. The highest BCUT2D eigenvalue weighted by Gasteiger charge is 2.10. The van der Waals surface area contributed by atoms with Crippen LogP contribution < -0.4 is 15.8 Å². The Hall–Kier alpha value is -2.08. The molecule has 0 radical (unpaired) electrons. The van der Waals surface area contributed by atoms with E-state index < -0.39 is 0 Å². The molecule has 0 bridgehead atoms. The van der Waals surface area contributed by atoms with E-state index >= 15 is 0 Å². The van der Waals surface area contributed by atoms with Crippen molar-refractivity contribution in [2.24, 2.45) is 5.73 Å². The maximum absolute atomic E-state index is 5.75. The molecule has 2 rings (SSSR count). The summed E-state index contributed by atoms with van der Waals surface area (Å²) in [6.07, 6.45) is 5.48. The van der Waals surface area contributed by atoms with Gasteiger partial charge >= 0.3 is 0 Å². The summed E-state index contributed by atoms with van der Waals surface area (Å²) in [5.74, 6) is 0.766. The van der Waals surface area contributed by atoms with Crippen molar-refractivity contribution < 1.29 is 4.74 Å². The Bertz CT molecular complexity index is 583. The Morgan fingerprint density at radius 1 is 1.55 bits per heavy atom. The van der Waals surface area contributed by atoms with Crippen LogP contribution in [0.2, 0.25) is 0 Å². The second-order valence-electron chi connectivity index (χ2n) is 4.58. The maximum atomic E-state index is 5.75. The molecule has 0 spiro atoms. The van der Waals surface area contributed by atoms with Gasteiger partial charge in [0.1, 0.15) is 10.7 Å². The molecule has 3 N–H and O–H groups in total. The zero-order valence-corrected chi connectivity index (χ0v) is 12.4. The van der Waals surface area contributed by atoms with Gasteiger partial charge in [-0.3, -0.25) is 0 Å². The fraction of sp³-hybridized carbons (Fsp3) is 0.286. The molecule has 20 heavy (non-hydrogen) atoms. The lowest BCUT2D eigenvalue weighted by molar-refractivity contribution is 0.415. The zero-order valence-electron chi connectivity index (χ0n) is 11.5. The van der Waals surface area contributed by atoms with Crippen LogP contribution in [0.1, 0.15) is 12.5 Å². The number of ether oxygens (including phenoxy) is 1. The van der Waals surface area contributed by atoms with Crippen molar-refractivity contribution in [2.45, 2.75) is 19.5 Å². The molecule has 0 aliphatic rings. The summed E-state index contributed by atoms with van der Waals surface area (Å²) < 4.78 is 7.25. The highest BCUT2D eigenvalue weighted by atomic mass is 32.1. The summed E-state index contributed by atoms with van der Waals surface area (Å²) in [7, 11) is 1.63.